The van der Waals surface area contributed by atoms with Crippen LogP contribution in [0.2, 0.25) is 0 Å². The lowest BCUT2D eigenvalue weighted by molar-refractivity contribution is 0.0949. The SMILES string of the molecule is Cc1nc2c(cnn2C(C)C)cc1C(=O)NCC(N)C1CC1. The lowest BCUT2D eigenvalue weighted by atomic mass is 10.1. The van der Waals surface area contributed by atoms with E-state index in [-0.39, 0.29) is 18.0 Å². The molecule has 3 rings (SSSR count). The Kier molecular flexibility index (Phi) is 3.87. The first kappa shape index (κ1) is 15.0. The zero-order valence-corrected chi connectivity index (χ0v) is 13.3. The minimum absolute atomic E-state index is 0.0598. The molecule has 1 fully saturated rings. The van der Waals surface area contributed by atoms with Gasteiger partial charge in [0, 0.05) is 24.0 Å². The first-order valence-electron chi connectivity index (χ1n) is 7.86. The number of fused-ring (bicyclic) bond motifs is 1. The molecular weight excluding hydrogens is 278 g/mol. The molecule has 0 saturated heterocycles. The molecule has 2 aromatic rings. The third-order valence-electron chi connectivity index (χ3n) is 4.22. The molecule has 0 aliphatic heterocycles. The van der Waals surface area contributed by atoms with Gasteiger partial charge in [0.1, 0.15) is 0 Å². The first-order chi connectivity index (χ1) is 10.5. The monoisotopic (exact) mass is 301 g/mol. The number of hydrogen-bond acceptors (Lipinski definition) is 4. The van der Waals surface area contributed by atoms with Crippen LogP contribution in [0.1, 0.15) is 48.8 Å². The molecule has 2 aromatic heterocycles. The molecule has 1 aliphatic rings. The summed E-state index contributed by atoms with van der Waals surface area (Å²) in [7, 11) is 0. The average Bonchev–Trinajstić information content (AvgIpc) is 3.24. The molecule has 1 amide bonds. The highest BCUT2D eigenvalue weighted by molar-refractivity contribution is 5.98. The van der Waals surface area contributed by atoms with Crippen molar-refractivity contribution < 1.29 is 4.79 Å². The van der Waals surface area contributed by atoms with Gasteiger partial charge in [-0.15, -0.1) is 0 Å². The van der Waals surface area contributed by atoms with Gasteiger partial charge in [0.25, 0.3) is 5.91 Å². The Labute approximate surface area is 130 Å². The van der Waals surface area contributed by atoms with Crippen molar-refractivity contribution in [2.24, 2.45) is 11.7 Å². The summed E-state index contributed by atoms with van der Waals surface area (Å²) in [4.78, 5) is 16.9. The van der Waals surface area contributed by atoms with Crippen LogP contribution in [0.5, 0.6) is 0 Å². The number of carbonyl (C=O) groups excluding carboxylic acids is 1. The third-order valence-corrected chi connectivity index (χ3v) is 4.22. The zero-order valence-electron chi connectivity index (χ0n) is 13.3. The lowest BCUT2D eigenvalue weighted by Crippen LogP contribution is -2.38. The van der Waals surface area contributed by atoms with Crippen LogP contribution in [0, 0.1) is 12.8 Å². The second kappa shape index (κ2) is 5.68. The number of nitrogens with zero attached hydrogens (tertiary/aromatic N) is 3. The van der Waals surface area contributed by atoms with Crippen molar-refractivity contribution in [1.82, 2.24) is 20.1 Å². The van der Waals surface area contributed by atoms with Crippen LogP contribution in [0.4, 0.5) is 0 Å². The molecule has 3 N–H and O–H groups in total. The van der Waals surface area contributed by atoms with Crippen LogP contribution in [-0.2, 0) is 0 Å². The summed E-state index contributed by atoms with van der Waals surface area (Å²) in [6.45, 7) is 6.49. The minimum atomic E-state index is -0.111. The average molecular weight is 301 g/mol. The van der Waals surface area contributed by atoms with Gasteiger partial charge in [0.2, 0.25) is 0 Å². The van der Waals surface area contributed by atoms with Crippen molar-refractivity contribution in [3.05, 3.63) is 23.5 Å². The highest BCUT2D eigenvalue weighted by atomic mass is 16.1. The van der Waals surface area contributed by atoms with Crippen molar-refractivity contribution in [3.63, 3.8) is 0 Å². The number of carbonyl (C=O) groups is 1. The van der Waals surface area contributed by atoms with Crippen molar-refractivity contribution in [2.45, 2.75) is 45.7 Å². The van der Waals surface area contributed by atoms with E-state index < -0.39 is 0 Å². The molecule has 1 saturated carbocycles. The van der Waals surface area contributed by atoms with Crippen LogP contribution in [0.3, 0.4) is 0 Å². The van der Waals surface area contributed by atoms with Crippen molar-refractivity contribution >= 4 is 16.9 Å². The zero-order chi connectivity index (χ0) is 15.9. The van der Waals surface area contributed by atoms with Gasteiger partial charge in [-0.2, -0.15) is 5.10 Å². The van der Waals surface area contributed by atoms with Gasteiger partial charge in [-0.3, -0.25) is 4.79 Å². The van der Waals surface area contributed by atoms with Crippen LogP contribution in [-0.4, -0.2) is 33.3 Å². The fraction of sp³-hybridized carbons (Fsp3) is 0.562. The molecular formula is C16H23N5O. The minimum Gasteiger partial charge on any atom is -0.350 e. The molecule has 6 nitrogen and oxygen atoms in total. The molecule has 0 bridgehead atoms. The van der Waals surface area contributed by atoms with E-state index in [1.165, 1.54) is 12.8 Å². The van der Waals surface area contributed by atoms with Gasteiger partial charge in [0.05, 0.1) is 17.5 Å². The summed E-state index contributed by atoms with van der Waals surface area (Å²) in [5.74, 6) is 0.464. The van der Waals surface area contributed by atoms with Crippen LogP contribution in [0.25, 0.3) is 11.0 Å². The van der Waals surface area contributed by atoms with E-state index >= 15 is 0 Å². The number of aromatic nitrogens is 3. The predicted molar refractivity (Wildman–Crippen MR) is 85.7 cm³/mol. The van der Waals surface area contributed by atoms with Gasteiger partial charge in [-0.1, -0.05) is 0 Å². The number of pyridine rings is 1. The normalized spacial score (nSPS) is 16.2. The Balaban J connectivity index is 1.80. The maximum atomic E-state index is 12.4. The van der Waals surface area contributed by atoms with E-state index in [4.69, 9.17) is 5.73 Å². The topological polar surface area (TPSA) is 85.8 Å². The Morgan fingerprint density at radius 2 is 2.23 bits per heavy atom. The molecule has 1 aliphatic carbocycles. The van der Waals surface area contributed by atoms with Crippen LogP contribution in [0.15, 0.2) is 12.3 Å². The Bertz CT molecular complexity index is 702. The summed E-state index contributed by atoms with van der Waals surface area (Å²) in [5, 5.41) is 8.15. The summed E-state index contributed by atoms with van der Waals surface area (Å²) in [5.41, 5.74) is 8.16. The number of rotatable bonds is 5. The first-order valence-corrected chi connectivity index (χ1v) is 7.86. The van der Waals surface area contributed by atoms with Crippen molar-refractivity contribution in [1.29, 1.82) is 0 Å². The second-order valence-corrected chi connectivity index (χ2v) is 6.43. The van der Waals surface area contributed by atoms with Gasteiger partial charge in [0.15, 0.2) is 5.65 Å². The Morgan fingerprint density at radius 3 is 2.86 bits per heavy atom. The van der Waals surface area contributed by atoms with E-state index in [0.29, 0.717) is 23.7 Å². The predicted octanol–water partition coefficient (Wildman–Crippen LogP) is 1.79. The molecule has 22 heavy (non-hydrogen) atoms. The largest absolute Gasteiger partial charge is 0.350 e. The standard InChI is InChI=1S/C16H23N5O/c1-9(2)21-15-12(7-19-21)6-13(10(3)20-15)16(22)18-8-14(17)11-4-5-11/h6-7,9,11,14H,4-5,8,17H2,1-3H3,(H,18,22). The molecule has 1 atom stereocenters. The Hall–Kier alpha value is -1.95. The number of aryl methyl sites for hydroxylation is 1. The summed E-state index contributed by atoms with van der Waals surface area (Å²) >= 11 is 0. The third kappa shape index (κ3) is 2.83. The van der Waals surface area contributed by atoms with Crippen LogP contribution < -0.4 is 11.1 Å². The maximum absolute atomic E-state index is 12.4. The fourth-order valence-electron chi connectivity index (χ4n) is 2.67. The molecule has 0 spiro atoms. The Morgan fingerprint density at radius 1 is 1.50 bits per heavy atom. The highest BCUT2D eigenvalue weighted by Gasteiger charge is 2.28. The number of nitrogens with two attached hydrogens (primary N) is 1. The van der Waals surface area contributed by atoms with Crippen LogP contribution >= 0.6 is 0 Å². The van der Waals surface area contributed by atoms with Gasteiger partial charge >= 0.3 is 0 Å². The smallest absolute Gasteiger partial charge is 0.253 e. The summed E-state index contributed by atoms with van der Waals surface area (Å²) < 4.78 is 1.87. The number of hydrogen-bond donors (Lipinski definition) is 2. The van der Waals surface area contributed by atoms with Crippen molar-refractivity contribution in [3.8, 4) is 0 Å². The molecule has 2 heterocycles. The highest BCUT2D eigenvalue weighted by Crippen LogP contribution is 2.31. The summed E-state index contributed by atoms with van der Waals surface area (Å²) in [6, 6.07) is 2.16. The van der Waals surface area contributed by atoms with Crippen molar-refractivity contribution in [2.75, 3.05) is 6.54 Å². The molecule has 1 unspecified atom stereocenters. The molecule has 6 heteroatoms. The van der Waals surface area contributed by atoms with E-state index in [9.17, 15) is 4.79 Å². The van der Waals surface area contributed by atoms with E-state index in [1.54, 1.807) is 6.20 Å². The number of amides is 1. The summed E-state index contributed by atoms with van der Waals surface area (Å²) in [6.07, 6.45) is 4.12. The van der Waals surface area contributed by atoms with E-state index in [1.807, 2.05) is 17.7 Å². The van der Waals surface area contributed by atoms with E-state index in [0.717, 1.165) is 11.0 Å². The maximum Gasteiger partial charge on any atom is 0.253 e. The van der Waals surface area contributed by atoms with Gasteiger partial charge in [-0.25, -0.2) is 9.67 Å². The van der Waals surface area contributed by atoms with E-state index in [2.05, 4.69) is 29.2 Å². The molecule has 0 aromatic carbocycles. The fourth-order valence-corrected chi connectivity index (χ4v) is 2.67. The second-order valence-electron chi connectivity index (χ2n) is 6.43. The van der Waals surface area contributed by atoms with Gasteiger partial charge in [-0.05, 0) is 45.6 Å². The quantitative estimate of drug-likeness (QED) is 0.881. The molecule has 0 radical (unpaired) electrons. The lowest BCUT2D eigenvalue weighted by Gasteiger charge is -2.13. The number of nitrogens with one attached hydrogen (secondary N) is 1. The van der Waals surface area contributed by atoms with Gasteiger partial charge < -0.3 is 11.1 Å². The molecule has 118 valence electrons.